The molecule has 18 heavy (non-hydrogen) atoms. The molecule has 0 aliphatic heterocycles. The fraction of sp³-hybridized carbons (Fsp3) is 0.692. The van der Waals surface area contributed by atoms with Gasteiger partial charge in [0.15, 0.2) is 0 Å². The number of esters is 1. The van der Waals surface area contributed by atoms with Gasteiger partial charge in [-0.05, 0) is 33.6 Å². The number of alkyl carbamates (subject to hydrolysis) is 1. The van der Waals surface area contributed by atoms with Crippen molar-refractivity contribution in [2.24, 2.45) is 5.92 Å². The standard InChI is InChI=1S/C13H21NO4/c1-8-6-9(11(15)17-5)10(7-8)14-12(16)18-13(2,3)4/h9-10H,1,6-7H2,2-5H3,(H,14,16)/t9-,10-/m1/s1. The first kappa shape index (κ1) is 14.5. The van der Waals surface area contributed by atoms with Crippen molar-refractivity contribution >= 4 is 12.1 Å². The molecule has 1 aliphatic rings. The van der Waals surface area contributed by atoms with Crippen LogP contribution in [0.3, 0.4) is 0 Å². The highest BCUT2D eigenvalue weighted by Gasteiger charge is 2.37. The van der Waals surface area contributed by atoms with E-state index in [4.69, 9.17) is 9.47 Å². The van der Waals surface area contributed by atoms with Crippen LogP contribution in [0.1, 0.15) is 33.6 Å². The molecule has 2 atom stereocenters. The summed E-state index contributed by atoms with van der Waals surface area (Å²) < 4.78 is 9.89. The molecule has 5 heteroatoms. The maximum absolute atomic E-state index is 11.7. The fourth-order valence-electron chi connectivity index (χ4n) is 2.00. The van der Waals surface area contributed by atoms with Gasteiger partial charge < -0.3 is 14.8 Å². The number of carbonyl (C=O) groups is 2. The van der Waals surface area contributed by atoms with E-state index in [9.17, 15) is 9.59 Å². The maximum atomic E-state index is 11.7. The fourth-order valence-corrected chi connectivity index (χ4v) is 2.00. The molecule has 1 saturated carbocycles. The highest BCUT2D eigenvalue weighted by atomic mass is 16.6. The topological polar surface area (TPSA) is 64.6 Å². The minimum Gasteiger partial charge on any atom is -0.469 e. The normalized spacial score (nSPS) is 23.7. The molecule has 0 aromatic rings. The first-order valence-electron chi connectivity index (χ1n) is 5.97. The van der Waals surface area contributed by atoms with Crippen LogP contribution in [-0.2, 0) is 14.3 Å². The van der Waals surface area contributed by atoms with Gasteiger partial charge in [-0.25, -0.2) is 4.79 Å². The summed E-state index contributed by atoms with van der Waals surface area (Å²) in [5, 5.41) is 2.71. The third-order valence-electron chi connectivity index (χ3n) is 2.71. The van der Waals surface area contributed by atoms with Gasteiger partial charge in [-0.15, -0.1) is 0 Å². The average Bonchev–Trinajstić information content (AvgIpc) is 2.55. The molecule has 0 unspecified atom stereocenters. The van der Waals surface area contributed by atoms with Crippen molar-refractivity contribution in [3.05, 3.63) is 12.2 Å². The summed E-state index contributed by atoms with van der Waals surface area (Å²) >= 11 is 0. The minimum absolute atomic E-state index is 0.292. The molecule has 1 amide bonds. The molecule has 0 heterocycles. The average molecular weight is 255 g/mol. The second-order valence-corrected chi connectivity index (χ2v) is 5.54. The number of rotatable bonds is 2. The molecule has 0 aromatic heterocycles. The van der Waals surface area contributed by atoms with E-state index >= 15 is 0 Å². The zero-order valence-corrected chi connectivity index (χ0v) is 11.4. The van der Waals surface area contributed by atoms with Crippen LogP contribution in [0, 0.1) is 5.92 Å². The Labute approximate surface area is 108 Å². The summed E-state index contributed by atoms with van der Waals surface area (Å²) in [5.41, 5.74) is 0.381. The van der Waals surface area contributed by atoms with E-state index in [1.54, 1.807) is 20.8 Å². The molecule has 102 valence electrons. The Morgan fingerprint density at radius 2 is 1.94 bits per heavy atom. The number of hydrogen-bond acceptors (Lipinski definition) is 4. The monoisotopic (exact) mass is 255 g/mol. The summed E-state index contributed by atoms with van der Waals surface area (Å²) in [6.07, 6.45) is 0.614. The number of ether oxygens (including phenoxy) is 2. The van der Waals surface area contributed by atoms with Crippen LogP contribution in [-0.4, -0.2) is 30.8 Å². The first-order valence-corrected chi connectivity index (χ1v) is 5.97. The Morgan fingerprint density at radius 1 is 1.33 bits per heavy atom. The van der Waals surface area contributed by atoms with E-state index in [-0.39, 0.29) is 17.9 Å². The van der Waals surface area contributed by atoms with Crippen LogP contribution < -0.4 is 5.32 Å². The van der Waals surface area contributed by atoms with E-state index in [1.165, 1.54) is 7.11 Å². The minimum atomic E-state index is -0.555. The van der Waals surface area contributed by atoms with Crippen LogP contribution in [0.2, 0.25) is 0 Å². The van der Waals surface area contributed by atoms with Crippen molar-refractivity contribution in [1.82, 2.24) is 5.32 Å². The van der Waals surface area contributed by atoms with Crippen molar-refractivity contribution < 1.29 is 19.1 Å². The van der Waals surface area contributed by atoms with Gasteiger partial charge in [0.05, 0.1) is 13.0 Å². The number of nitrogens with one attached hydrogen (secondary N) is 1. The lowest BCUT2D eigenvalue weighted by Gasteiger charge is -2.23. The summed E-state index contributed by atoms with van der Waals surface area (Å²) in [4.78, 5) is 23.2. The van der Waals surface area contributed by atoms with Crippen molar-refractivity contribution in [2.75, 3.05) is 7.11 Å². The molecule has 0 saturated heterocycles. The van der Waals surface area contributed by atoms with Gasteiger partial charge in [0.1, 0.15) is 5.60 Å². The van der Waals surface area contributed by atoms with Gasteiger partial charge in [0, 0.05) is 6.04 Å². The number of amides is 1. The lowest BCUT2D eigenvalue weighted by Crippen LogP contribution is -2.43. The lowest BCUT2D eigenvalue weighted by molar-refractivity contribution is -0.145. The van der Waals surface area contributed by atoms with Crippen molar-refractivity contribution in [3.8, 4) is 0 Å². The second-order valence-electron chi connectivity index (χ2n) is 5.54. The molecular weight excluding hydrogens is 234 g/mol. The van der Waals surface area contributed by atoms with Gasteiger partial charge in [0.25, 0.3) is 0 Å². The molecule has 0 bridgehead atoms. The zero-order valence-electron chi connectivity index (χ0n) is 11.4. The van der Waals surface area contributed by atoms with Gasteiger partial charge >= 0.3 is 12.1 Å². The van der Waals surface area contributed by atoms with Crippen LogP contribution in [0.15, 0.2) is 12.2 Å². The van der Waals surface area contributed by atoms with Gasteiger partial charge in [-0.2, -0.15) is 0 Å². The number of carbonyl (C=O) groups excluding carboxylic acids is 2. The summed E-state index contributed by atoms with van der Waals surface area (Å²) in [6, 6.07) is -0.292. The van der Waals surface area contributed by atoms with Crippen LogP contribution in [0.5, 0.6) is 0 Å². The van der Waals surface area contributed by atoms with Gasteiger partial charge in [-0.3, -0.25) is 4.79 Å². The van der Waals surface area contributed by atoms with E-state index in [2.05, 4.69) is 11.9 Å². The maximum Gasteiger partial charge on any atom is 0.407 e. The molecular formula is C13H21NO4. The Balaban J connectivity index is 2.62. The Hall–Kier alpha value is -1.52. The Kier molecular flexibility index (Phi) is 4.38. The molecule has 1 rings (SSSR count). The van der Waals surface area contributed by atoms with E-state index in [1.807, 2.05) is 0 Å². The largest absolute Gasteiger partial charge is 0.469 e. The molecule has 1 N–H and O–H groups in total. The Morgan fingerprint density at radius 3 is 2.44 bits per heavy atom. The Bertz CT molecular complexity index is 356. The van der Waals surface area contributed by atoms with Crippen molar-refractivity contribution in [2.45, 2.75) is 45.3 Å². The summed E-state index contributed by atoms with van der Waals surface area (Å²) in [6.45, 7) is 9.22. The van der Waals surface area contributed by atoms with E-state index in [0.717, 1.165) is 5.57 Å². The molecule has 5 nitrogen and oxygen atoms in total. The predicted octanol–water partition coefficient (Wildman–Crippen LogP) is 2.02. The zero-order chi connectivity index (χ0) is 13.9. The third kappa shape index (κ3) is 4.05. The van der Waals surface area contributed by atoms with Crippen molar-refractivity contribution in [3.63, 3.8) is 0 Å². The third-order valence-corrected chi connectivity index (χ3v) is 2.71. The number of methoxy groups -OCH3 is 1. The number of hydrogen-bond donors (Lipinski definition) is 1. The molecule has 0 radical (unpaired) electrons. The van der Waals surface area contributed by atoms with Crippen LogP contribution >= 0.6 is 0 Å². The molecule has 1 fully saturated rings. The first-order chi connectivity index (χ1) is 8.23. The summed E-state index contributed by atoms with van der Waals surface area (Å²) in [5.74, 6) is -0.690. The second kappa shape index (κ2) is 5.42. The van der Waals surface area contributed by atoms with Crippen LogP contribution in [0.25, 0.3) is 0 Å². The molecule has 0 aromatic carbocycles. The lowest BCUT2D eigenvalue weighted by atomic mass is 10.0. The smallest absolute Gasteiger partial charge is 0.407 e. The molecule has 0 spiro atoms. The van der Waals surface area contributed by atoms with E-state index in [0.29, 0.717) is 12.8 Å². The summed E-state index contributed by atoms with van der Waals surface area (Å²) in [7, 11) is 1.34. The highest BCUT2D eigenvalue weighted by molar-refractivity contribution is 5.76. The van der Waals surface area contributed by atoms with Gasteiger partial charge in [0.2, 0.25) is 0 Å². The SMILES string of the molecule is C=C1C[C@@H](NC(=O)OC(C)(C)C)[C@H](C(=O)OC)C1. The van der Waals surface area contributed by atoms with Gasteiger partial charge in [-0.1, -0.05) is 12.2 Å². The highest BCUT2D eigenvalue weighted by Crippen LogP contribution is 2.30. The quantitative estimate of drug-likeness (QED) is 0.605. The van der Waals surface area contributed by atoms with E-state index < -0.39 is 11.7 Å². The van der Waals surface area contributed by atoms with Crippen LogP contribution in [0.4, 0.5) is 4.79 Å². The molecule has 1 aliphatic carbocycles. The predicted molar refractivity (Wildman–Crippen MR) is 67.0 cm³/mol. The van der Waals surface area contributed by atoms with Crippen molar-refractivity contribution in [1.29, 1.82) is 0 Å².